The zero-order valence-electron chi connectivity index (χ0n) is 15.3. The number of alkyl halides is 3. The molecule has 2 aromatic rings. The van der Waals surface area contributed by atoms with Crippen molar-refractivity contribution in [2.45, 2.75) is 32.1 Å². The summed E-state index contributed by atoms with van der Waals surface area (Å²) in [5.41, 5.74) is 1.17. The molecule has 0 aromatic heterocycles. The van der Waals surface area contributed by atoms with Crippen molar-refractivity contribution in [3.8, 4) is 11.8 Å². The number of nitriles is 1. The van der Waals surface area contributed by atoms with Crippen LogP contribution >= 0.6 is 0 Å². The lowest BCUT2D eigenvalue weighted by atomic mass is 10.0. The van der Waals surface area contributed by atoms with Crippen LogP contribution in [0.4, 0.5) is 13.2 Å². The molecule has 0 aliphatic rings. The van der Waals surface area contributed by atoms with E-state index in [1.165, 1.54) is 12.1 Å². The zero-order valence-corrected chi connectivity index (χ0v) is 15.3. The molecule has 2 aromatic carbocycles. The smallest absolute Gasteiger partial charge is 0.416 e. The fourth-order valence-electron chi connectivity index (χ4n) is 2.81. The summed E-state index contributed by atoms with van der Waals surface area (Å²) in [7, 11) is 1.56. The standard InChI is InChI=1S/C21H21F3N2O/c1-4-19(13-25)26(14-17-7-5-6-8-20(17)27-3)15(2)16-9-11-18(12-10-16)21(22,23)24/h5-12,19H,2,4,14H2,1,3H3. The van der Waals surface area contributed by atoms with Crippen LogP contribution in [0.5, 0.6) is 5.75 Å². The van der Waals surface area contributed by atoms with Crippen molar-refractivity contribution < 1.29 is 17.9 Å². The number of hydrogen-bond acceptors (Lipinski definition) is 3. The highest BCUT2D eigenvalue weighted by Gasteiger charge is 2.30. The van der Waals surface area contributed by atoms with Gasteiger partial charge in [-0.1, -0.05) is 43.8 Å². The minimum absolute atomic E-state index is 0.357. The minimum Gasteiger partial charge on any atom is -0.496 e. The predicted octanol–water partition coefficient (Wildman–Crippen LogP) is 5.49. The summed E-state index contributed by atoms with van der Waals surface area (Å²) in [6.07, 6.45) is -3.85. The molecule has 0 heterocycles. The average molecular weight is 374 g/mol. The quantitative estimate of drug-likeness (QED) is 0.643. The molecule has 2 rings (SSSR count). The lowest BCUT2D eigenvalue weighted by Gasteiger charge is -2.31. The van der Waals surface area contributed by atoms with Crippen LogP contribution in [0.2, 0.25) is 0 Å². The SMILES string of the molecule is C=C(c1ccc(C(F)(F)F)cc1)N(Cc1ccccc1OC)C(C#N)CC. The van der Waals surface area contributed by atoms with Crippen LogP contribution in [0.1, 0.15) is 30.0 Å². The fourth-order valence-corrected chi connectivity index (χ4v) is 2.81. The first-order chi connectivity index (χ1) is 12.8. The second-order valence-electron chi connectivity index (χ2n) is 6.01. The second-order valence-corrected chi connectivity index (χ2v) is 6.01. The Morgan fingerprint density at radius 2 is 1.81 bits per heavy atom. The Kier molecular flexibility index (Phi) is 6.51. The van der Waals surface area contributed by atoms with Crippen molar-refractivity contribution >= 4 is 5.70 Å². The van der Waals surface area contributed by atoms with Gasteiger partial charge in [0.15, 0.2) is 0 Å². The lowest BCUT2D eigenvalue weighted by Crippen LogP contribution is -2.31. The molecule has 0 N–H and O–H groups in total. The number of benzene rings is 2. The molecule has 0 spiro atoms. The number of nitrogens with zero attached hydrogens (tertiary/aromatic N) is 2. The highest BCUT2D eigenvalue weighted by atomic mass is 19.4. The second kappa shape index (κ2) is 8.63. The molecule has 0 aliphatic carbocycles. The van der Waals surface area contributed by atoms with Crippen LogP contribution in [0.15, 0.2) is 55.1 Å². The Hall–Kier alpha value is -2.94. The third kappa shape index (κ3) is 4.82. The van der Waals surface area contributed by atoms with Gasteiger partial charge in [-0.3, -0.25) is 0 Å². The van der Waals surface area contributed by atoms with Crippen molar-refractivity contribution in [1.82, 2.24) is 4.90 Å². The summed E-state index contributed by atoms with van der Waals surface area (Å²) in [6.45, 7) is 6.27. The first-order valence-corrected chi connectivity index (χ1v) is 8.46. The molecule has 0 saturated carbocycles. The molecule has 6 heteroatoms. The van der Waals surface area contributed by atoms with Gasteiger partial charge in [-0.25, -0.2) is 0 Å². The van der Waals surface area contributed by atoms with E-state index in [1.807, 2.05) is 31.2 Å². The predicted molar refractivity (Wildman–Crippen MR) is 98.7 cm³/mol. The van der Waals surface area contributed by atoms with Crippen LogP contribution < -0.4 is 4.74 Å². The molecule has 3 nitrogen and oxygen atoms in total. The first-order valence-electron chi connectivity index (χ1n) is 8.46. The van der Waals surface area contributed by atoms with Gasteiger partial charge < -0.3 is 9.64 Å². The molecule has 0 radical (unpaired) electrons. The third-order valence-corrected chi connectivity index (χ3v) is 4.34. The van der Waals surface area contributed by atoms with Crippen molar-refractivity contribution in [2.24, 2.45) is 0 Å². The number of methoxy groups -OCH3 is 1. The van der Waals surface area contributed by atoms with E-state index < -0.39 is 17.8 Å². The molecule has 0 amide bonds. The van der Waals surface area contributed by atoms with Crippen LogP contribution in [0.3, 0.4) is 0 Å². The van der Waals surface area contributed by atoms with E-state index in [0.717, 1.165) is 17.7 Å². The number of hydrogen-bond donors (Lipinski definition) is 0. The Bertz CT molecular complexity index is 823. The van der Waals surface area contributed by atoms with Crippen molar-refractivity contribution in [3.63, 3.8) is 0 Å². The molecule has 0 saturated heterocycles. The van der Waals surface area contributed by atoms with Gasteiger partial charge in [0.05, 0.1) is 18.7 Å². The summed E-state index contributed by atoms with van der Waals surface area (Å²) in [6, 6.07) is 14.0. The van der Waals surface area contributed by atoms with E-state index in [-0.39, 0.29) is 0 Å². The molecule has 142 valence electrons. The minimum atomic E-state index is -4.39. The number of ether oxygens (including phenoxy) is 1. The van der Waals surface area contributed by atoms with Gasteiger partial charge in [0.1, 0.15) is 11.8 Å². The maximum absolute atomic E-state index is 12.8. The molecule has 1 unspecified atom stereocenters. The van der Waals surface area contributed by atoms with Crippen LogP contribution in [0, 0.1) is 11.3 Å². The summed E-state index contributed by atoms with van der Waals surface area (Å²) in [5, 5.41) is 9.53. The third-order valence-electron chi connectivity index (χ3n) is 4.34. The van der Waals surface area contributed by atoms with Gasteiger partial charge in [-0.2, -0.15) is 18.4 Å². The van der Waals surface area contributed by atoms with E-state index >= 15 is 0 Å². The average Bonchev–Trinajstić information content (AvgIpc) is 2.67. The van der Waals surface area contributed by atoms with Crippen molar-refractivity contribution in [2.75, 3.05) is 7.11 Å². The zero-order chi connectivity index (χ0) is 20.0. The lowest BCUT2D eigenvalue weighted by molar-refractivity contribution is -0.137. The number of halogens is 3. The summed E-state index contributed by atoms with van der Waals surface area (Å²) in [4.78, 5) is 1.79. The van der Waals surface area contributed by atoms with E-state index in [9.17, 15) is 18.4 Å². The summed E-state index contributed by atoms with van der Waals surface area (Å²) < 4.78 is 43.8. The topological polar surface area (TPSA) is 36.3 Å². The molecule has 1 atom stereocenters. The molecule has 0 fully saturated rings. The van der Waals surface area contributed by atoms with Gasteiger partial charge in [-0.05, 0) is 30.2 Å². The maximum Gasteiger partial charge on any atom is 0.416 e. The van der Waals surface area contributed by atoms with Gasteiger partial charge in [-0.15, -0.1) is 0 Å². The van der Waals surface area contributed by atoms with Crippen molar-refractivity contribution in [3.05, 3.63) is 71.8 Å². The maximum atomic E-state index is 12.8. The molecule has 0 bridgehead atoms. The van der Waals surface area contributed by atoms with E-state index in [0.29, 0.717) is 30.0 Å². The molecule has 27 heavy (non-hydrogen) atoms. The van der Waals surface area contributed by atoms with Crippen LogP contribution in [-0.4, -0.2) is 18.1 Å². The molecular weight excluding hydrogens is 353 g/mol. The van der Waals surface area contributed by atoms with Gasteiger partial charge in [0, 0.05) is 17.8 Å². The van der Waals surface area contributed by atoms with Gasteiger partial charge in [0.25, 0.3) is 0 Å². The largest absolute Gasteiger partial charge is 0.496 e. The highest BCUT2D eigenvalue weighted by Crippen LogP contribution is 2.32. The number of para-hydroxylation sites is 1. The van der Waals surface area contributed by atoms with Crippen molar-refractivity contribution in [1.29, 1.82) is 5.26 Å². The van der Waals surface area contributed by atoms with Crippen LogP contribution in [0.25, 0.3) is 5.70 Å². The van der Waals surface area contributed by atoms with E-state index in [2.05, 4.69) is 12.6 Å². The van der Waals surface area contributed by atoms with E-state index in [4.69, 9.17) is 4.74 Å². The molecular formula is C21H21F3N2O. The number of rotatable bonds is 7. The fraction of sp³-hybridized carbons (Fsp3) is 0.286. The van der Waals surface area contributed by atoms with Gasteiger partial charge in [0.2, 0.25) is 0 Å². The van der Waals surface area contributed by atoms with Gasteiger partial charge >= 0.3 is 6.18 Å². The Morgan fingerprint density at radius 3 is 2.33 bits per heavy atom. The molecule has 0 aliphatic heterocycles. The normalized spacial score (nSPS) is 12.1. The van der Waals surface area contributed by atoms with E-state index in [1.54, 1.807) is 12.0 Å². The highest BCUT2D eigenvalue weighted by molar-refractivity contribution is 5.63. The Labute approximate surface area is 157 Å². The Balaban J connectivity index is 2.36. The monoisotopic (exact) mass is 374 g/mol. The van der Waals surface area contributed by atoms with Crippen LogP contribution in [-0.2, 0) is 12.7 Å². The summed E-state index contributed by atoms with van der Waals surface area (Å²) >= 11 is 0. The Morgan fingerprint density at radius 1 is 1.19 bits per heavy atom. The first kappa shape index (κ1) is 20.4. The summed E-state index contributed by atoms with van der Waals surface area (Å²) in [5.74, 6) is 0.676.